The monoisotopic (exact) mass is 532 g/mol. The fraction of sp³-hybridized carbons (Fsp3) is 0.917. The summed E-state index contributed by atoms with van der Waals surface area (Å²) in [7, 11) is 0. The Balaban J connectivity index is 2.21. The molecule has 0 saturated carbocycles. The summed E-state index contributed by atoms with van der Waals surface area (Å²) in [6.45, 7) is 9.39. The first-order chi connectivity index (χ1) is 18.7. The lowest BCUT2D eigenvalue weighted by atomic mass is 9.93. The smallest absolute Gasteiger partial charge is 0.247 e. The molecule has 0 aliphatic heterocycles. The number of aromatic nitrogens is 2. The van der Waals surface area contributed by atoms with Crippen LogP contribution in [0.25, 0.3) is 0 Å². The number of aromatic amines is 1. The standard InChI is InChI=1S/C36H70N2/c1-5-8-11-13-14-15-16-17-18-19-20-21-22-23-25-28-31-35(30-26-10-7-3)36-37-32-33-38(36)34(4)29-27-24-12-9-6-2/h32-35H,5-31H2,1-4H3/p+1. The molecule has 0 radical (unpaired) electrons. The van der Waals surface area contributed by atoms with Crippen LogP contribution in [0.15, 0.2) is 12.4 Å². The first-order valence-corrected chi connectivity index (χ1v) is 17.8. The summed E-state index contributed by atoms with van der Waals surface area (Å²) in [5.41, 5.74) is 0. The number of H-pyrrole nitrogens is 1. The van der Waals surface area contributed by atoms with Gasteiger partial charge in [0.25, 0.3) is 5.82 Å². The molecule has 0 amide bonds. The molecule has 2 unspecified atom stereocenters. The van der Waals surface area contributed by atoms with Crippen LogP contribution in [0.1, 0.15) is 219 Å². The maximum absolute atomic E-state index is 3.69. The minimum absolute atomic E-state index is 0.623. The van der Waals surface area contributed by atoms with Gasteiger partial charge in [-0.25, -0.2) is 9.55 Å². The van der Waals surface area contributed by atoms with Gasteiger partial charge in [0.1, 0.15) is 12.4 Å². The van der Waals surface area contributed by atoms with E-state index in [9.17, 15) is 0 Å². The van der Waals surface area contributed by atoms with Crippen molar-refractivity contribution in [2.75, 3.05) is 0 Å². The van der Waals surface area contributed by atoms with E-state index in [2.05, 4.69) is 49.6 Å². The van der Waals surface area contributed by atoms with Gasteiger partial charge in [-0.3, -0.25) is 0 Å². The third-order valence-electron chi connectivity index (χ3n) is 8.89. The van der Waals surface area contributed by atoms with Gasteiger partial charge < -0.3 is 0 Å². The average Bonchev–Trinajstić information content (AvgIpc) is 3.41. The van der Waals surface area contributed by atoms with E-state index < -0.39 is 0 Å². The van der Waals surface area contributed by atoms with Gasteiger partial charge in [0.15, 0.2) is 0 Å². The van der Waals surface area contributed by atoms with Gasteiger partial charge in [-0.2, -0.15) is 0 Å². The molecule has 224 valence electrons. The van der Waals surface area contributed by atoms with Crippen molar-refractivity contribution in [2.24, 2.45) is 0 Å². The van der Waals surface area contributed by atoms with Crippen molar-refractivity contribution in [1.29, 1.82) is 0 Å². The number of nitrogens with zero attached hydrogens (tertiary/aromatic N) is 1. The van der Waals surface area contributed by atoms with E-state index in [4.69, 9.17) is 0 Å². The van der Waals surface area contributed by atoms with Crippen molar-refractivity contribution in [3.05, 3.63) is 18.2 Å². The number of unbranched alkanes of at least 4 members (excludes halogenated alkanes) is 21. The first-order valence-electron chi connectivity index (χ1n) is 17.8. The van der Waals surface area contributed by atoms with E-state index in [1.165, 1.54) is 179 Å². The molecule has 0 bridgehead atoms. The molecule has 2 atom stereocenters. The van der Waals surface area contributed by atoms with Crippen LogP contribution in [-0.4, -0.2) is 4.98 Å². The van der Waals surface area contributed by atoms with E-state index in [1.54, 1.807) is 0 Å². The molecular weight excluding hydrogens is 460 g/mol. The molecule has 1 N–H and O–H groups in total. The second-order valence-corrected chi connectivity index (χ2v) is 12.6. The van der Waals surface area contributed by atoms with Crippen molar-refractivity contribution in [3.63, 3.8) is 0 Å². The number of hydrogen-bond donors (Lipinski definition) is 1. The topological polar surface area (TPSA) is 19.7 Å². The average molecular weight is 532 g/mol. The molecule has 0 aliphatic carbocycles. The van der Waals surface area contributed by atoms with Crippen molar-refractivity contribution in [3.8, 4) is 0 Å². The van der Waals surface area contributed by atoms with E-state index in [1.807, 2.05) is 0 Å². The molecule has 0 saturated heterocycles. The first kappa shape index (κ1) is 35.2. The third-order valence-corrected chi connectivity index (χ3v) is 8.89. The minimum atomic E-state index is 0.623. The Morgan fingerprint density at radius 2 is 0.842 bits per heavy atom. The van der Waals surface area contributed by atoms with Crippen LogP contribution in [0.2, 0.25) is 0 Å². The Morgan fingerprint density at radius 3 is 1.29 bits per heavy atom. The van der Waals surface area contributed by atoms with E-state index in [-0.39, 0.29) is 0 Å². The molecule has 38 heavy (non-hydrogen) atoms. The Hall–Kier alpha value is -0.790. The van der Waals surface area contributed by atoms with E-state index in [0.717, 1.165) is 0 Å². The number of hydrogen-bond acceptors (Lipinski definition) is 0. The lowest BCUT2D eigenvalue weighted by Gasteiger charge is -2.17. The second-order valence-electron chi connectivity index (χ2n) is 12.6. The predicted octanol–water partition coefficient (Wildman–Crippen LogP) is 12.5. The van der Waals surface area contributed by atoms with Crippen LogP contribution >= 0.6 is 0 Å². The van der Waals surface area contributed by atoms with Crippen LogP contribution in [0.5, 0.6) is 0 Å². The van der Waals surface area contributed by atoms with Gasteiger partial charge in [-0.05, 0) is 32.6 Å². The van der Waals surface area contributed by atoms with Crippen LogP contribution in [0.3, 0.4) is 0 Å². The summed E-state index contributed by atoms with van der Waals surface area (Å²) in [4.78, 5) is 3.69. The van der Waals surface area contributed by atoms with Gasteiger partial charge in [0.05, 0.1) is 12.0 Å². The van der Waals surface area contributed by atoms with Crippen molar-refractivity contribution in [2.45, 2.75) is 213 Å². The van der Waals surface area contributed by atoms with Crippen molar-refractivity contribution in [1.82, 2.24) is 4.98 Å². The summed E-state index contributed by atoms with van der Waals surface area (Å²) < 4.78 is 2.60. The summed E-state index contributed by atoms with van der Waals surface area (Å²) in [5, 5.41) is 0. The zero-order valence-corrected chi connectivity index (χ0v) is 26.8. The number of imidazole rings is 1. The molecule has 1 heterocycles. The molecule has 1 aromatic heterocycles. The molecule has 2 nitrogen and oxygen atoms in total. The fourth-order valence-electron chi connectivity index (χ4n) is 6.25. The molecule has 0 spiro atoms. The van der Waals surface area contributed by atoms with Gasteiger partial charge in [0, 0.05) is 0 Å². The van der Waals surface area contributed by atoms with Crippen molar-refractivity contribution < 1.29 is 4.57 Å². The number of rotatable bonds is 29. The van der Waals surface area contributed by atoms with E-state index in [0.29, 0.717) is 12.0 Å². The quantitative estimate of drug-likeness (QED) is 0.0783. The normalized spacial score (nSPS) is 13.3. The highest BCUT2D eigenvalue weighted by Crippen LogP contribution is 2.27. The van der Waals surface area contributed by atoms with Crippen LogP contribution < -0.4 is 4.57 Å². The zero-order valence-electron chi connectivity index (χ0n) is 26.8. The SMILES string of the molecule is CCCCCCCCCCCCCCCCCCC(CCCCC)c1[nH]cc[n+]1C(C)CCCCCCC. The summed E-state index contributed by atoms with van der Waals surface area (Å²) in [6.07, 6.45) is 42.8. The zero-order chi connectivity index (χ0) is 27.5. The Bertz CT molecular complexity index is 592. The molecule has 1 aromatic rings. The van der Waals surface area contributed by atoms with Crippen LogP contribution in [0.4, 0.5) is 0 Å². The van der Waals surface area contributed by atoms with Gasteiger partial charge >= 0.3 is 0 Å². The highest BCUT2D eigenvalue weighted by molar-refractivity contribution is 4.90. The Morgan fingerprint density at radius 1 is 0.500 bits per heavy atom. The lowest BCUT2D eigenvalue weighted by molar-refractivity contribution is -0.727. The van der Waals surface area contributed by atoms with Crippen LogP contribution in [-0.2, 0) is 0 Å². The predicted molar refractivity (Wildman–Crippen MR) is 170 cm³/mol. The minimum Gasteiger partial charge on any atom is -0.247 e. The third kappa shape index (κ3) is 18.5. The highest BCUT2D eigenvalue weighted by atomic mass is 15.1. The molecule has 0 aromatic carbocycles. The lowest BCUT2D eigenvalue weighted by Crippen LogP contribution is -2.41. The van der Waals surface area contributed by atoms with Gasteiger partial charge in [-0.15, -0.1) is 0 Å². The molecule has 1 rings (SSSR count). The van der Waals surface area contributed by atoms with Crippen molar-refractivity contribution >= 4 is 0 Å². The molecule has 0 aliphatic rings. The summed E-state index contributed by atoms with van der Waals surface area (Å²) >= 11 is 0. The fourth-order valence-corrected chi connectivity index (χ4v) is 6.25. The van der Waals surface area contributed by atoms with E-state index >= 15 is 0 Å². The Labute approximate surface area is 240 Å². The second kappa shape index (κ2) is 26.4. The van der Waals surface area contributed by atoms with Gasteiger partial charge in [-0.1, -0.05) is 168 Å². The number of nitrogens with one attached hydrogen (secondary N) is 1. The van der Waals surface area contributed by atoms with Gasteiger partial charge in [0.2, 0.25) is 0 Å². The van der Waals surface area contributed by atoms with Crippen LogP contribution in [0, 0.1) is 0 Å². The molecule has 2 heteroatoms. The molecule has 0 fully saturated rings. The summed E-state index contributed by atoms with van der Waals surface area (Å²) in [6, 6.07) is 0.623. The highest BCUT2D eigenvalue weighted by Gasteiger charge is 2.25. The summed E-state index contributed by atoms with van der Waals surface area (Å²) in [5.74, 6) is 2.23. The Kier molecular flexibility index (Phi) is 24.5. The maximum atomic E-state index is 3.69. The maximum Gasteiger partial charge on any atom is 0.257 e. The molecular formula is C36H71N2+. The largest absolute Gasteiger partial charge is 0.257 e.